The second-order valence-electron chi connectivity index (χ2n) is 7.18. The summed E-state index contributed by atoms with van der Waals surface area (Å²) in [5, 5.41) is 0. The maximum Gasteiger partial charge on any atom is 0.337 e. The van der Waals surface area contributed by atoms with Crippen LogP contribution in [-0.2, 0) is 17.8 Å². The topological polar surface area (TPSA) is 71.1 Å². The maximum atomic E-state index is 14.2. The Balaban J connectivity index is 1.96. The molecule has 7 nitrogen and oxygen atoms in total. The summed E-state index contributed by atoms with van der Waals surface area (Å²) >= 11 is 0. The van der Waals surface area contributed by atoms with Gasteiger partial charge in [-0.15, -0.1) is 0 Å². The summed E-state index contributed by atoms with van der Waals surface area (Å²) in [6.07, 6.45) is 1.37. The fourth-order valence-corrected chi connectivity index (χ4v) is 3.44. The van der Waals surface area contributed by atoms with Crippen molar-refractivity contribution in [2.24, 2.45) is 0 Å². The van der Waals surface area contributed by atoms with E-state index in [0.29, 0.717) is 5.69 Å². The lowest BCUT2D eigenvalue weighted by Gasteiger charge is -2.13. The monoisotopic (exact) mass is 426 g/mol. The van der Waals surface area contributed by atoms with E-state index in [9.17, 15) is 18.4 Å². The second-order valence-corrected chi connectivity index (χ2v) is 7.18. The van der Waals surface area contributed by atoms with E-state index in [2.05, 4.69) is 4.98 Å². The number of hydrogen-bond acceptors (Lipinski definition) is 4. The maximum absolute atomic E-state index is 14.2. The third-order valence-corrected chi connectivity index (χ3v) is 5.07. The number of nitrogens with zero attached hydrogens (tertiary/aromatic N) is 4. The summed E-state index contributed by atoms with van der Waals surface area (Å²) < 4.78 is 36.4. The number of aryl methyl sites for hydroxylation is 1. The van der Waals surface area contributed by atoms with Crippen LogP contribution in [0.2, 0.25) is 0 Å². The Bertz CT molecular complexity index is 1370. The molecule has 31 heavy (non-hydrogen) atoms. The number of benzene rings is 2. The Morgan fingerprint density at radius 3 is 2.48 bits per heavy atom. The van der Waals surface area contributed by atoms with Gasteiger partial charge in [0.25, 0.3) is 5.56 Å². The van der Waals surface area contributed by atoms with Crippen molar-refractivity contribution in [3.8, 4) is 5.69 Å². The molecule has 0 atom stereocenters. The molecule has 0 saturated heterocycles. The molecule has 0 aliphatic carbocycles. The van der Waals surface area contributed by atoms with E-state index in [1.165, 1.54) is 28.6 Å². The van der Waals surface area contributed by atoms with Gasteiger partial charge >= 0.3 is 5.69 Å². The number of aromatic nitrogens is 4. The quantitative estimate of drug-likeness (QED) is 0.475. The molecule has 0 bridgehead atoms. The molecule has 2 aromatic heterocycles. The lowest BCUT2D eigenvalue weighted by molar-refractivity contribution is 0.184. The highest BCUT2D eigenvalue weighted by Crippen LogP contribution is 2.17. The third kappa shape index (κ3) is 3.79. The zero-order chi connectivity index (χ0) is 22.1. The van der Waals surface area contributed by atoms with Crippen LogP contribution in [0.4, 0.5) is 8.78 Å². The summed E-state index contributed by atoms with van der Waals surface area (Å²) in [4.78, 5) is 30.6. The number of fused-ring (bicyclic) bond motifs is 1. The molecular formula is C22H20F2N4O3. The third-order valence-electron chi connectivity index (χ3n) is 5.07. The van der Waals surface area contributed by atoms with Crippen LogP contribution in [0, 0.1) is 18.6 Å². The first-order valence-corrected chi connectivity index (χ1v) is 9.61. The molecule has 0 saturated carbocycles. The smallest absolute Gasteiger partial charge is 0.337 e. The largest absolute Gasteiger partial charge is 0.383 e. The first kappa shape index (κ1) is 20.7. The molecule has 0 unspecified atom stereocenters. The number of ether oxygens (including phenoxy) is 1. The minimum absolute atomic E-state index is 0.0474. The molecule has 0 aliphatic heterocycles. The molecule has 4 rings (SSSR count). The van der Waals surface area contributed by atoms with Crippen LogP contribution in [0.3, 0.4) is 0 Å². The van der Waals surface area contributed by atoms with Crippen molar-refractivity contribution in [3.63, 3.8) is 0 Å². The molecule has 0 radical (unpaired) electrons. The van der Waals surface area contributed by atoms with Gasteiger partial charge in [-0.25, -0.2) is 23.1 Å². The molecule has 0 spiro atoms. The van der Waals surface area contributed by atoms with Crippen LogP contribution >= 0.6 is 0 Å². The van der Waals surface area contributed by atoms with Gasteiger partial charge in [0.15, 0.2) is 11.2 Å². The summed E-state index contributed by atoms with van der Waals surface area (Å²) in [6.45, 7) is 2.09. The minimum atomic E-state index is -0.728. The van der Waals surface area contributed by atoms with Crippen molar-refractivity contribution in [1.29, 1.82) is 0 Å². The second kappa shape index (κ2) is 8.27. The summed E-state index contributed by atoms with van der Waals surface area (Å²) in [5.41, 5.74) is 0.951. The standard InChI is InChI=1S/C22H20F2N4O3/c1-14-3-7-17(8-4-14)28-20-19(21(29)27(22(28)30)9-10-31-2)26(13-25-20)12-15-5-6-16(23)11-18(15)24/h3-8,11,13H,9-10,12H2,1-2H3. The summed E-state index contributed by atoms with van der Waals surface area (Å²) in [5.74, 6) is -1.42. The van der Waals surface area contributed by atoms with Crippen molar-refractivity contribution in [3.05, 3.63) is 92.4 Å². The van der Waals surface area contributed by atoms with Gasteiger partial charge in [0.05, 0.1) is 31.7 Å². The number of rotatable bonds is 6. The molecule has 2 heterocycles. The SMILES string of the molecule is COCCn1c(=O)c2c(ncn2Cc2ccc(F)cc2F)n(-c2ccc(C)cc2)c1=O. The molecule has 160 valence electrons. The highest BCUT2D eigenvalue weighted by atomic mass is 19.1. The van der Waals surface area contributed by atoms with Gasteiger partial charge in [-0.1, -0.05) is 23.8 Å². The van der Waals surface area contributed by atoms with Crippen molar-refractivity contribution in [1.82, 2.24) is 18.7 Å². The minimum Gasteiger partial charge on any atom is -0.383 e. The Morgan fingerprint density at radius 1 is 1.06 bits per heavy atom. The predicted octanol–water partition coefficient (Wildman–Crippen LogP) is 2.63. The number of imidazole rings is 1. The Labute approximate surface area is 175 Å². The summed E-state index contributed by atoms with van der Waals surface area (Å²) in [7, 11) is 1.48. The zero-order valence-corrected chi connectivity index (χ0v) is 17.0. The molecule has 2 aromatic carbocycles. The van der Waals surface area contributed by atoms with Crippen LogP contribution < -0.4 is 11.2 Å². The van der Waals surface area contributed by atoms with Gasteiger partial charge in [0, 0.05) is 18.7 Å². The molecule has 0 aliphatic rings. The van der Waals surface area contributed by atoms with Crippen LogP contribution in [0.25, 0.3) is 16.9 Å². The van der Waals surface area contributed by atoms with Crippen LogP contribution in [0.5, 0.6) is 0 Å². The Morgan fingerprint density at radius 2 is 1.81 bits per heavy atom. The van der Waals surface area contributed by atoms with Gasteiger partial charge in [0.1, 0.15) is 11.6 Å². The summed E-state index contributed by atoms with van der Waals surface area (Å²) in [6, 6.07) is 10.5. The molecule has 0 amide bonds. The predicted molar refractivity (Wildman–Crippen MR) is 112 cm³/mol. The fourth-order valence-electron chi connectivity index (χ4n) is 3.44. The molecule has 4 aromatic rings. The van der Waals surface area contributed by atoms with Crippen molar-refractivity contribution >= 4 is 11.2 Å². The lowest BCUT2D eigenvalue weighted by Crippen LogP contribution is -2.41. The van der Waals surface area contributed by atoms with E-state index in [0.717, 1.165) is 22.3 Å². The van der Waals surface area contributed by atoms with E-state index in [1.54, 1.807) is 12.1 Å². The van der Waals surface area contributed by atoms with E-state index >= 15 is 0 Å². The number of methoxy groups -OCH3 is 1. The fraction of sp³-hybridized carbons (Fsp3) is 0.227. The van der Waals surface area contributed by atoms with Gasteiger partial charge in [-0.2, -0.15) is 0 Å². The molecule has 9 heteroatoms. The normalized spacial score (nSPS) is 11.4. The molecular weight excluding hydrogens is 406 g/mol. The Kier molecular flexibility index (Phi) is 5.51. The van der Waals surface area contributed by atoms with Gasteiger partial charge in [0.2, 0.25) is 0 Å². The van der Waals surface area contributed by atoms with Crippen LogP contribution in [0.15, 0.2) is 58.4 Å². The van der Waals surface area contributed by atoms with Gasteiger partial charge < -0.3 is 9.30 Å². The molecule has 0 fully saturated rings. The first-order chi connectivity index (χ1) is 14.9. The van der Waals surface area contributed by atoms with Crippen LogP contribution in [0.1, 0.15) is 11.1 Å². The van der Waals surface area contributed by atoms with Gasteiger partial charge in [-0.05, 0) is 25.1 Å². The van der Waals surface area contributed by atoms with Crippen LogP contribution in [-0.4, -0.2) is 32.4 Å². The highest BCUT2D eigenvalue weighted by Gasteiger charge is 2.20. The first-order valence-electron chi connectivity index (χ1n) is 9.61. The van der Waals surface area contributed by atoms with Gasteiger partial charge in [-0.3, -0.25) is 9.36 Å². The average Bonchev–Trinajstić information content (AvgIpc) is 3.15. The van der Waals surface area contributed by atoms with Crippen molar-refractivity contribution in [2.45, 2.75) is 20.0 Å². The average molecular weight is 426 g/mol. The highest BCUT2D eigenvalue weighted by molar-refractivity contribution is 5.72. The number of hydrogen-bond donors (Lipinski definition) is 0. The van der Waals surface area contributed by atoms with E-state index in [-0.39, 0.29) is 36.4 Å². The lowest BCUT2D eigenvalue weighted by atomic mass is 10.2. The van der Waals surface area contributed by atoms with E-state index < -0.39 is 22.9 Å². The Hall–Kier alpha value is -3.59. The zero-order valence-electron chi connectivity index (χ0n) is 17.0. The van der Waals surface area contributed by atoms with E-state index in [1.807, 2.05) is 19.1 Å². The van der Waals surface area contributed by atoms with E-state index in [4.69, 9.17) is 4.74 Å². The van der Waals surface area contributed by atoms with Crippen molar-refractivity contribution in [2.75, 3.05) is 13.7 Å². The molecule has 0 N–H and O–H groups in total. The van der Waals surface area contributed by atoms with Crippen molar-refractivity contribution < 1.29 is 13.5 Å². The number of halogens is 2.